The summed E-state index contributed by atoms with van der Waals surface area (Å²) in [5.74, 6) is -0.742. The second kappa shape index (κ2) is 6.37. The van der Waals surface area contributed by atoms with Crippen LogP contribution in [0.25, 0.3) is 6.08 Å². The van der Waals surface area contributed by atoms with E-state index in [1.165, 1.54) is 6.08 Å². The molecule has 0 saturated heterocycles. The summed E-state index contributed by atoms with van der Waals surface area (Å²) in [5, 5.41) is 2.80. The van der Waals surface area contributed by atoms with Gasteiger partial charge in [0.05, 0.1) is 0 Å². The van der Waals surface area contributed by atoms with E-state index in [0.717, 1.165) is 24.0 Å². The third-order valence-corrected chi connectivity index (χ3v) is 3.08. The Balaban J connectivity index is 1.81. The Hall–Kier alpha value is -2.10. The SMILES string of the molecule is Cc1ccc(/C=C/C(=O)O[C@@H](C)C(=O)NC2CC2)cc1. The molecule has 20 heavy (non-hydrogen) atoms. The first-order valence-electron chi connectivity index (χ1n) is 6.80. The minimum atomic E-state index is -0.759. The average molecular weight is 273 g/mol. The first-order valence-corrected chi connectivity index (χ1v) is 6.80. The van der Waals surface area contributed by atoms with Crippen molar-refractivity contribution in [2.24, 2.45) is 0 Å². The van der Waals surface area contributed by atoms with Crippen molar-refractivity contribution < 1.29 is 14.3 Å². The molecule has 1 aliphatic rings. The third kappa shape index (κ3) is 4.53. The zero-order valence-electron chi connectivity index (χ0n) is 11.8. The van der Waals surface area contributed by atoms with Gasteiger partial charge in [-0.05, 0) is 38.3 Å². The van der Waals surface area contributed by atoms with E-state index in [1.807, 2.05) is 31.2 Å². The number of hydrogen-bond donors (Lipinski definition) is 1. The van der Waals surface area contributed by atoms with Crippen molar-refractivity contribution in [3.05, 3.63) is 41.5 Å². The first-order chi connectivity index (χ1) is 9.54. The number of carbonyl (C=O) groups is 2. The highest BCUT2D eigenvalue weighted by atomic mass is 16.5. The van der Waals surface area contributed by atoms with Crippen LogP contribution in [0.4, 0.5) is 0 Å². The number of hydrogen-bond acceptors (Lipinski definition) is 3. The number of amides is 1. The molecule has 106 valence electrons. The Bertz CT molecular complexity index is 515. The molecule has 1 aromatic carbocycles. The summed E-state index contributed by atoms with van der Waals surface area (Å²) in [4.78, 5) is 23.2. The highest BCUT2D eigenvalue weighted by Gasteiger charge is 2.26. The van der Waals surface area contributed by atoms with E-state index in [0.29, 0.717) is 0 Å². The Labute approximate surface area is 118 Å². The maximum absolute atomic E-state index is 11.6. The molecule has 1 amide bonds. The van der Waals surface area contributed by atoms with E-state index < -0.39 is 12.1 Å². The standard InChI is InChI=1S/C16H19NO3/c1-11-3-5-13(6-4-11)7-10-15(18)20-12(2)16(19)17-14-8-9-14/h3-7,10,12,14H,8-9H2,1-2H3,(H,17,19)/b10-7+/t12-/m0/s1. The van der Waals surface area contributed by atoms with Crippen molar-refractivity contribution in [2.75, 3.05) is 0 Å². The molecule has 1 aromatic rings. The normalized spacial score (nSPS) is 15.9. The van der Waals surface area contributed by atoms with E-state index in [4.69, 9.17) is 4.74 Å². The average Bonchev–Trinajstić information content (AvgIpc) is 3.22. The second-order valence-corrected chi connectivity index (χ2v) is 5.11. The predicted octanol–water partition coefficient (Wildman–Crippen LogP) is 2.22. The fraction of sp³-hybridized carbons (Fsp3) is 0.375. The van der Waals surface area contributed by atoms with Gasteiger partial charge in [0.2, 0.25) is 0 Å². The Kier molecular flexibility index (Phi) is 4.56. The molecule has 1 aliphatic carbocycles. The summed E-state index contributed by atoms with van der Waals surface area (Å²) >= 11 is 0. The molecule has 0 spiro atoms. The van der Waals surface area contributed by atoms with Gasteiger partial charge in [0.25, 0.3) is 5.91 Å². The fourth-order valence-electron chi connectivity index (χ4n) is 1.66. The van der Waals surface area contributed by atoms with Crippen molar-refractivity contribution in [2.45, 2.75) is 38.8 Å². The monoisotopic (exact) mass is 273 g/mol. The van der Waals surface area contributed by atoms with E-state index in [2.05, 4.69) is 5.32 Å². The molecule has 1 atom stereocenters. The number of aryl methyl sites for hydroxylation is 1. The van der Waals surface area contributed by atoms with E-state index in [1.54, 1.807) is 13.0 Å². The summed E-state index contributed by atoms with van der Waals surface area (Å²) in [7, 11) is 0. The summed E-state index contributed by atoms with van der Waals surface area (Å²) in [6, 6.07) is 8.05. The lowest BCUT2D eigenvalue weighted by molar-refractivity contribution is -0.150. The highest BCUT2D eigenvalue weighted by Crippen LogP contribution is 2.18. The lowest BCUT2D eigenvalue weighted by Crippen LogP contribution is -2.36. The first kappa shape index (κ1) is 14.3. The lowest BCUT2D eigenvalue weighted by atomic mass is 10.1. The van der Waals surface area contributed by atoms with Gasteiger partial charge in [-0.2, -0.15) is 0 Å². The number of carbonyl (C=O) groups excluding carboxylic acids is 2. The number of rotatable bonds is 5. The van der Waals surface area contributed by atoms with Gasteiger partial charge in [-0.15, -0.1) is 0 Å². The van der Waals surface area contributed by atoms with Crippen molar-refractivity contribution in [3.8, 4) is 0 Å². The van der Waals surface area contributed by atoms with E-state index >= 15 is 0 Å². The van der Waals surface area contributed by atoms with Crippen molar-refractivity contribution in [1.29, 1.82) is 0 Å². The van der Waals surface area contributed by atoms with Gasteiger partial charge in [0.1, 0.15) is 0 Å². The van der Waals surface area contributed by atoms with Crippen molar-refractivity contribution in [1.82, 2.24) is 5.32 Å². The lowest BCUT2D eigenvalue weighted by Gasteiger charge is -2.11. The van der Waals surface area contributed by atoms with Crippen LogP contribution in [0.1, 0.15) is 30.9 Å². The van der Waals surface area contributed by atoms with Crippen LogP contribution in [-0.4, -0.2) is 24.0 Å². The molecule has 0 aromatic heterocycles. The molecule has 1 saturated carbocycles. The fourth-order valence-corrected chi connectivity index (χ4v) is 1.66. The van der Waals surface area contributed by atoms with Crippen LogP contribution in [0, 0.1) is 6.92 Å². The molecule has 0 bridgehead atoms. The smallest absolute Gasteiger partial charge is 0.331 e. The number of benzene rings is 1. The van der Waals surface area contributed by atoms with Crippen molar-refractivity contribution >= 4 is 18.0 Å². The maximum Gasteiger partial charge on any atom is 0.331 e. The van der Waals surface area contributed by atoms with Gasteiger partial charge >= 0.3 is 5.97 Å². The number of nitrogens with one attached hydrogen (secondary N) is 1. The van der Waals surface area contributed by atoms with Crippen LogP contribution in [-0.2, 0) is 14.3 Å². The zero-order chi connectivity index (χ0) is 14.5. The molecule has 0 radical (unpaired) electrons. The zero-order valence-corrected chi connectivity index (χ0v) is 11.8. The van der Waals surface area contributed by atoms with Crippen LogP contribution in [0.5, 0.6) is 0 Å². The van der Waals surface area contributed by atoms with Gasteiger partial charge in [0.15, 0.2) is 6.10 Å². The molecular formula is C16H19NO3. The minimum absolute atomic E-state index is 0.232. The molecule has 2 rings (SSSR count). The van der Waals surface area contributed by atoms with E-state index in [-0.39, 0.29) is 11.9 Å². The maximum atomic E-state index is 11.6. The summed E-state index contributed by atoms with van der Waals surface area (Å²) in [6.45, 7) is 3.58. The molecular weight excluding hydrogens is 254 g/mol. The number of esters is 1. The highest BCUT2D eigenvalue weighted by molar-refractivity contribution is 5.90. The summed E-state index contributed by atoms with van der Waals surface area (Å²) in [6.07, 6.45) is 4.28. The van der Waals surface area contributed by atoms with Gasteiger partial charge in [-0.1, -0.05) is 29.8 Å². The van der Waals surface area contributed by atoms with Gasteiger partial charge in [-0.3, -0.25) is 4.79 Å². The van der Waals surface area contributed by atoms with Crippen LogP contribution >= 0.6 is 0 Å². The minimum Gasteiger partial charge on any atom is -0.449 e. The topological polar surface area (TPSA) is 55.4 Å². The van der Waals surface area contributed by atoms with Gasteiger partial charge in [-0.25, -0.2) is 4.79 Å². The molecule has 4 nitrogen and oxygen atoms in total. The molecule has 0 aliphatic heterocycles. The quantitative estimate of drug-likeness (QED) is 0.661. The van der Waals surface area contributed by atoms with Crippen LogP contribution < -0.4 is 5.32 Å². The van der Waals surface area contributed by atoms with Crippen LogP contribution in [0.3, 0.4) is 0 Å². The molecule has 1 N–H and O–H groups in total. The molecule has 4 heteroatoms. The Morgan fingerprint density at radius 1 is 1.30 bits per heavy atom. The van der Waals surface area contributed by atoms with Crippen LogP contribution in [0.2, 0.25) is 0 Å². The summed E-state index contributed by atoms with van der Waals surface area (Å²) in [5.41, 5.74) is 2.08. The summed E-state index contributed by atoms with van der Waals surface area (Å²) < 4.78 is 5.05. The third-order valence-electron chi connectivity index (χ3n) is 3.08. The Morgan fingerprint density at radius 2 is 1.95 bits per heavy atom. The van der Waals surface area contributed by atoms with E-state index in [9.17, 15) is 9.59 Å². The predicted molar refractivity (Wildman–Crippen MR) is 76.9 cm³/mol. The van der Waals surface area contributed by atoms with Gasteiger partial charge in [0, 0.05) is 12.1 Å². The second-order valence-electron chi connectivity index (χ2n) is 5.11. The molecule has 0 heterocycles. The molecule has 0 unspecified atom stereocenters. The van der Waals surface area contributed by atoms with Crippen molar-refractivity contribution in [3.63, 3.8) is 0 Å². The molecule has 1 fully saturated rings. The van der Waals surface area contributed by atoms with Gasteiger partial charge < -0.3 is 10.1 Å². The van der Waals surface area contributed by atoms with Crippen LogP contribution in [0.15, 0.2) is 30.3 Å². The number of ether oxygens (including phenoxy) is 1. The Morgan fingerprint density at radius 3 is 2.55 bits per heavy atom. The largest absolute Gasteiger partial charge is 0.449 e.